The zero-order chi connectivity index (χ0) is 16.4. The number of fused-ring (bicyclic) bond motifs is 1. The van der Waals surface area contributed by atoms with Crippen molar-refractivity contribution in [3.8, 4) is 0 Å². The Morgan fingerprint density at radius 1 is 1.48 bits per heavy atom. The Morgan fingerprint density at radius 3 is 3.00 bits per heavy atom. The van der Waals surface area contributed by atoms with Crippen LogP contribution in [0.2, 0.25) is 0 Å². The number of aryl methyl sites for hydroxylation is 2. The van der Waals surface area contributed by atoms with Gasteiger partial charge >= 0.3 is 0 Å². The summed E-state index contributed by atoms with van der Waals surface area (Å²) in [7, 11) is 0. The lowest BCUT2D eigenvalue weighted by molar-refractivity contribution is 0.0912. The first-order valence-corrected chi connectivity index (χ1v) is 8.02. The molecule has 6 heteroatoms. The summed E-state index contributed by atoms with van der Waals surface area (Å²) >= 11 is 0. The first kappa shape index (κ1) is 15.5. The van der Waals surface area contributed by atoms with Gasteiger partial charge in [0.25, 0.3) is 5.91 Å². The van der Waals surface area contributed by atoms with Gasteiger partial charge in [-0.3, -0.25) is 9.59 Å². The summed E-state index contributed by atoms with van der Waals surface area (Å²) in [5.74, 6) is 0.970. The molecule has 0 bridgehead atoms. The number of imidazole rings is 1. The van der Waals surface area contributed by atoms with Crippen LogP contribution in [0.3, 0.4) is 0 Å². The smallest absolute Gasteiger partial charge is 0.255 e. The highest BCUT2D eigenvalue weighted by atomic mass is 16.3. The van der Waals surface area contributed by atoms with Crippen LogP contribution in [0.4, 0.5) is 0 Å². The molecule has 1 atom stereocenters. The predicted molar refractivity (Wildman–Crippen MR) is 84.5 cm³/mol. The number of carbonyl (C=O) groups is 2. The van der Waals surface area contributed by atoms with E-state index in [1.807, 2.05) is 17.7 Å². The predicted octanol–water partition coefficient (Wildman–Crippen LogP) is 2.51. The molecule has 2 aromatic heterocycles. The highest BCUT2D eigenvalue weighted by molar-refractivity contribution is 6.10. The molecule has 6 nitrogen and oxygen atoms in total. The summed E-state index contributed by atoms with van der Waals surface area (Å²) in [6, 6.07) is -0.0275. The maximum Gasteiger partial charge on any atom is 0.255 e. The van der Waals surface area contributed by atoms with E-state index in [9.17, 15) is 9.59 Å². The van der Waals surface area contributed by atoms with Gasteiger partial charge < -0.3 is 14.3 Å². The monoisotopic (exact) mass is 315 g/mol. The summed E-state index contributed by atoms with van der Waals surface area (Å²) in [5, 5.41) is 3.02. The summed E-state index contributed by atoms with van der Waals surface area (Å²) in [6.45, 7) is 4.41. The molecule has 0 saturated carbocycles. The zero-order valence-electron chi connectivity index (χ0n) is 13.5. The van der Waals surface area contributed by atoms with Gasteiger partial charge in [-0.15, -0.1) is 0 Å². The van der Waals surface area contributed by atoms with Gasteiger partial charge in [0.2, 0.25) is 0 Å². The molecular formula is C17H21N3O3. The van der Waals surface area contributed by atoms with Crippen molar-refractivity contribution in [1.82, 2.24) is 14.9 Å². The molecule has 0 fully saturated rings. The van der Waals surface area contributed by atoms with Crippen molar-refractivity contribution in [2.24, 2.45) is 0 Å². The number of ketones is 1. The van der Waals surface area contributed by atoms with E-state index in [0.717, 1.165) is 19.3 Å². The van der Waals surface area contributed by atoms with Gasteiger partial charge in [0, 0.05) is 37.8 Å². The van der Waals surface area contributed by atoms with Gasteiger partial charge in [0.15, 0.2) is 5.78 Å². The second kappa shape index (κ2) is 6.40. The minimum atomic E-state index is -0.227. The van der Waals surface area contributed by atoms with Crippen molar-refractivity contribution in [3.63, 3.8) is 0 Å². The average Bonchev–Trinajstić information content (AvgIpc) is 3.13. The van der Waals surface area contributed by atoms with Crippen LogP contribution in [0.25, 0.3) is 0 Å². The van der Waals surface area contributed by atoms with E-state index in [2.05, 4.69) is 10.3 Å². The lowest BCUT2D eigenvalue weighted by atomic mass is 9.93. The van der Waals surface area contributed by atoms with Gasteiger partial charge in [-0.05, 0) is 19.8 Å². The third-order valence-electron chi connectivity index (χ3n) is 4.29. The summed E-state index contributed by atoms with van der Waals surface area (Å²) in [4.78, 5) is 28.9. The molecule has 2 heterocycles. The maximum absolute atomic E-state index is 12.7. The van der Waals surface area contributed by atoms with E-state index in [1.165, 1.54) is 0 Å². The van der Waals surface area contributed by atoms with Crippen molar-refractivity contribution < 1.29 is 14.0 Å². The molecule has 1 N–H and O–H groups in total. The van der Waals surface area contributed by atoms with Crippen molar-refractivity contribution in [3.05, 3.63) is 41.4 Å². The lowest BCUT2D eigenvalue weighted by Crippen LogP contribution is -2.38. The van der Waals surface area contributed by atoms with Crippen molar-refractivity contribution in [2.45, 2.75) is 52.1 Å². The Hall–Kier alpha value is -2.37. The van der Waals surface area contributed by atoms with Gasteiger partial charge in [0.05, 0.1) is 17.5 Å². The SMILES string of the molecule is CCC(Cn1ccnc1)NC(=O)c1c(C)oc2c1C(=O)CCC2. The van der Waals surface area contributed by atoms with Crippen molar-refractivity contribution in [2.75, 3.05) is 0 Å². The molecule has 122 valence electrons. The van der Waals surface area contributed by atoms with Crippen LogP contribution < -0.4 is 5.32 Å². The number of rotatable bonds is 5. The van der Waals surface area contributed by atoms with E-state index in [-0.39, 0.29) is 17.7 Å². The Balaban J connectivity index is 1.80. The quantitative estimate of drug-likeness (QED) is 0.919. The van der Waals surface area contributed by atoms with Crippen LogP contribution in [0.5, 0.6) is 0 Å². The van der Waals surface area contributed by atoms with Gasteiger partial charge in [0.1, 0.15) is 11.5 Å². The average molecular weight is 315 g/mol. The second-order valence-electron chi connectivity index (χ2n) is 5.95. The highest BCUT2D eigenvalue weighted by Gasteiger charge is 2.31. The maximum atomic E-state index is 12.7. The van der Waals surface area contributed by atoms with Crippen LogP contribution in [0, 0.1) is 6.92 Å². The molecular weight excluding hydrogens is 294 g/mol. The summed E-state index contributed by atoms with van der Waals surface area (Å²) in [5.41, 5.74) is 0.900. The Labute approximate surface area is 134 Å². The minimum Gasteiger partial charge on any atom is -0.465 e. The normalized spacial score (nSPS) is 15.3. The lowest BCUT2D eigenvalue weighted by Gasteiger charge is -2.18. The number of carbonyl (C=O) groups excluding carboxylic acids is 2. The number of furan rings is 1. The topological polar surface area (TPSA) is 77.1 Å². The molecule has 0 radical (unpaired) electrons. The molecule has 2 aromatic rings. The molecule has 1 unspecified atom stereocenters. The number of nitrogens with zero attached hydrogens (tertiary/aromatic N) is 2. The minimum absolute atomic E-state index is 0.0101. The van der Waals surface area contributed by atoms with Gasteiger partial charge in [-0.25, -0.2) is 4.98 Å². The van der Waals surface area contributed by atoms with Crippen molar-refractivity contribution in [1.29, 1.82) is 0 Å². The second-order valence-corrected chi connectivity index (χ2v) is 5.95. The summed E-state index contributed by atoms with van der Waals surface area (Å²) < 4.78 is 7.58. The molecule has 0 saturated heterocycles. The molecule has 0 spiro atoms. The number of nitrogens with one attached hydrogen (secondary N) is 1. The zero-order valence-corrected chi connectivity index (χ0v) is 13.5. The first-order valence-electron chi connectivity index (χ1n) is 8.02. The Morgan fingerprint density at radius 2 is 2.30 bits per heavy atom. The van der Waals surface area contributed by atoms with E-state index in [4.69, 9.17) is 4.42 Å². The molecule has 3 rings (SSSR count). The van der Waals surface area contributed by atoms with Gasteiger partial charge in [-0.2, -0.15) is 0 Å². The van der Waals surface area contributed by atoms with Gasteiger partial charge in [-0.1, -0.05) is 6.92 Å². The number of amides is 1. The number of hydrogen-bond donors (Lipinski definition) is 1. The molecule has 1 aliphatic carbocycles. The molecule has 1 amide bonds. The van der Waals surface area contributed by atoms with Crippen LogP contribution in [0.1, 0.15) is 58.4 Å². The Kier molecular flexibility index (Phi) is 4.32. The van der Waals surface area contributed by atoms with E-state index >= 15 is 0 Å². The van der Waals surface area contributed by atoms with Crippen molar-refractivity contribution >= 4 is 11.7 Å². The van der Waals surface area contributed by atoms with Crippen LogP contribution in [-0.2, 0) is 13.0 Å². The Bertz CT molecular complexity index is 716. The van der Waals surface area contributed by atoms with Crippen LogP contribution in [0.15, 0.2) is 23.1 Å². The fourth-order valence-electron chi connectivity index (χ4n) is 3.06. The van der Waals surface area contributed by atoms with Crippen LogP contribution in [-0.4, -0.2) is 27.3 Å². The number of hydrogen-bond acceptors (Lipinski definition) is 4. The molecule has 1 aliphatic rings. The molecule has 0 aliphatic heterocycles. The number of aromatic nitrogens is 2. The first-order chi connectivity index (χ1) is 11.1. The number of Topliss-reactive ketones (excluding diaryl/α,β-unsaturated/α-hetero) is 1. The fraction of sp³-hybridized carbons (Fsp3) is 0.471. The largest absolute Gasteiger partial charge is 0.465 e. The fourth-order valence-corrected chi connectivity index (χ4v) is 3.06. The standard InChI is InChI=1S/C17H21N3O3/c1-3-12(9-20-8-7-18-10-20)19-17(22)15-11(2)23-14-6-4-5-13(21)16(14)15/h7-8,10,12H,3-6,9H2,1-2H3,(H,19,22). The highest BCUT2D eigenvalue weighted by Crippen LogP contribution is 2.29. The third kappa shape index (κ3) is 3.06. The van der Waals surface area contributed by atoms with Crippen LogP contribution >= 0.6 is 0 Å². The summed E-state index contributed by atoms with van der Waals surface area (Å²) in [6.07, 6.45) is 8.09. The van der Waals surface area contributed by atoms with E-state index < -0.39 is 0 Å². The third-order valence-corrected chi connectivity index (χ3v) is 4.29. The molecule has 23 heavy (non-hydrogen) atoms. The van der Waals surface area contributed by atoms with E-state index in [1.54, 1.807) is 19.4 Å². The van der Waals surface area contributed by atoms with E-state index in [0.29, 0.717) is 35.6 Å². The molecule has 0 aromatic carbocycles.